The number of para-hydroxylation sites is 1. The SMILES string of the molecule is CCCC[C@@H]1C(=O)N(C)CCN1C(=O)Nc1c(CC)cccc1CC. The molecule has 138 valence electrons. The number of carbonyl (C=O) groups is 2. The molecule has 1 aliphatic heterocycles. The van der Waals surface area contributed by atoms with Crippen molar-refractivity contribution < 1.29 is 9.59 Å². The smallest absolute Gasteiger partial charge is 0.322 e. The first-order valence-corrected chi connectivity index (χ1v) is 9.46. The number of aryl methyl sites for hydroxylation is 2. The Morgan fingerprint density at radius 2 is 1.80 bits per heavy atom. The summed E-state index contributed by atoms with van der Waals surface area (Å²) in [5, 5.41) is 3.11. The summed E-state index contributed by atoms with van der Waals surface area (Å²) in [4.78, 5) is 29.0. The average molecular weight is 345 g/mol. The molecule has 1 N–H and O–H groups in total. The second kappa shape index (κ2) is 8.88. The number of amides is 3. The van der Waals surface area contributed by atoms with Gasteiger partial charge in [0.05, 0.1) is 0 Å². The highest BCUT2D eigenvalue weighted by molar-refractivity contribution is 5.95. The number of nitrogens with one attached hydrogen (secondary N) is 1. The van der Waals surface area contributed by atoms with Gasteiger partial charge in [-0.05, 0) is 30.4 Å². The van der Waals surface area contributed by atoms with E-state index in [1.165, 1.54) is 0 Å². The van der Waals surface area contributed by atoms with Crippen molar-refractivity contribution >= 4 is 17.6 Å². The van der Waals surface area contributed by atoms with Gasteiger partial charge in [-0.2, -0.15) is 0 Å². The summed E-state index contributed by atoms with van der Waals surface area (Å²) in [6, 6.07) is 5.64. The number of urea groups is 1. The molecule has 0 unspecified atom stereocenters. The molecule has 1 heterocycles. The normalized spacial score (nSPS) is 17.8. The molecular weight excluding hydrogens is 314 g/mol. The third kappa shape index (κ3) is 4.33. The lowest BCUT2D eigenvalue weighted by molar-refractivity contribution is -0.138. The van der Waals surface area contributed by atoms with Crippen LogP contribution in [0.3, 0.4) is 0 Å². The molecule has 1 aromatic rings. The van der Waals surface area contributed by atoms with Crippen molar-refractivity contribution in [3.05, 3.63) is 29.3 Å². The summed E-state index contributed by atoms with van der Waals surface area (Å²) in [5.41, 5.74) is 3.19. The quantitative estimate of drug-likeness (QED) is 0.855. The van der Waals surface area contributed by atoms with Crippen molar-refractivity contribution in [2.45, 2.75) is 58.9 Å². The van der Waals surface area contributed by atoms with Gasteiger partial charge in [0.25, 0.3) is 0 Å². The number of piperazine rings is 1. The van der Waals surface area contributed by atoms with Gasteiger partial charge >= 0.3 is 6.03 Å². The summed E-state index contributed by atoms with van der Waals surface area (Å²) < 4.78 is 0. The van der Waals surface area contributed by atoms with E-state index in [2.05, 4.69) is 38.2 Å². The second-order valence-corrected chi connectivity index (χ2v) is 6.70. The minimum absolute atomic E-state index is 0.0503. The van der Waals surface area contributed by atoms with Gasteiger partial charge in [0.15, 0.2) is 0 Å². The van der Waals surface area contributed by atoms with Crippen molar-refractivity contribution in [2.24, 2.45) is 0 Å². The van der Waals surface area contributed by atoms with Crippen molar-refractivity contribution in [3.8, 4) is 0 Å². The zero-order chi connectivity index (χ0) is 18.4. The van der Waals surface area contributed by atoms with Crippen LogP contribution in [0, 0.1) is 0 Å². The van der Waals surface area contributed by atoms with Gasteiger partial charge in [0.1, 0.15) is 6.04 Å². The minimum Gasteiger partial charge on any atom is -0.342 e. The summed E-state index contributed by atoms with van der Waals surface area (Å²) in [5.74, 6) is 0.0503. The fraction of sp³-hybridized carbons (Fsp3) is 0.600. The fourth-order valence-corrected chi connectivity index (χ4v) is 3.41. The number of likely N-dealkylation sites (N-methyl/N-ethyl adjacent to an activating group) is 1. The van der Waals surface area contributed by atoms with Gasteiger partial charge < -0.3 is 15.1 Å². The summed E-state index contributed by atoms with van der Waals surface area (Å²) in [7, 11) is 1.82. The summed E-state index contributed by atoms with van der Waals surface area (Å²) in [6.07, 6.45) is 4.42. The van der Waals surface area contributed by atoms with E-state index < -0.39 is 0 Å². The molecule has 2 rings (SSSR count). The Balaban J connectivity index is 2.22. The average Bonchev–Trinajstić information content (AvgIpc) is 2.62. The van der Waals surface area contributed by atoms with Gasteiger partial charge in [0, 0.05) is 25.8 Å². The van der Waals surface area contributed by atoms with Crippen LogP contribution in [0.15, 0.2) is 18.2 Å². The molecule has 1 saturated heterocycles. The van der Waals surface area contributed by atoms with Crippen LogP contribution in [0.2, 0.25) is 0 Å². The third-order valence-corrected chi connectivity index (χ3v) is 5.04. The van der Waals surface area contributed by atoms with Gasteiger partial charge in [0.2, 0.25) is 5.91 Å². The number of benzene rings is 1. The lowest BCUT2D eigenvalue weighted by atomic mass is 10.0. The lowest BCUT2D eigenvalue weighted by Gasteiger charge is -2.39. The molecule has 3 amide bonds. The highest BCUT2D eigenvalue weighted by atomic mass is 16.2. The van der Waals surface area contributed by atoms with Crippen molar-refractivity contribution in [1.29, 1.82) is 0 Å². The number of nitrogens with zero attached hydrogens (tertiary/aromatic N) is 2. The zero-order valence-corrected chi connectivity index (χ0v) is 16.0. The minimum atomic E-state index is -0.349. The summed E-state index contributed by atoms with van der Waals surface area (Å²) >= 11 is 0. The van der Waals surface area contributed by atoms with Crippen LogP contribution in [-0.4, -0.2) is 47.9 Å². The van der Waals surface area contributed by atoms with Crippen LogP contribution >= 0.6 is 0 Å². The van der Waals surface area contributed by atoms with E-state index in [1.54, 1.807) is 9.80 Å². The van der Waals surface area contributed by atoms with E-state index in [1.807, 2.05) is 13.1 Å². The Kier molecular flexibility index (Phi) is 6.85. The van der Waals surface area contributed by atoms with Crippen molar-refractivity contribution in [3.63, 3.8) is 0 Å². The lowest BCUT2D eigenvalue weighted by Crippen LogP contribution is -2.58. The van der Waals surface area contributed by atoms with Crippen LogP contribution in [0.4, 0.5) is 10.5 Å². The molecule has 0 saturated carbocycles. The molecule has 0 aromatic heterocycles. The molecule has 1 atom stereocenters. The standard InChI is InChI=1S/C20H31N3O2/c1-5-8-12-17-19(24)22(4)13-14-23(17)20(25)21-18-15(6-2)10-9-11-16(18)7-3/h9-11,17H,5-8,12-14H2,1-4H3,(H,21,25)/t17-/m1/s1. The number of unbranched alkanes of at least 4 members (excludes halogenated alkanes) is 1. The topological polar surface area (TPSA) is 52.7 Å². The first kappa shape index (κ1) is 19.3. The molecule has 0 spiro atoms. The number of hydrogen-bond acceptors (Lipinski definition) is 2. The van der Waals surface area contributed by atoms with Crippen LogP contribution in [-0.2, 0) is 17.6 Å². The largest absolute Gasteiger partial charge is 0.342 e. The van der Waals surface area contributed by atoms with Crippen molar-refractivity contribution in [1.82, 2.24) is 9.80 Å². The molecule has 5 heteroatoms. The first-order chi connectivity index (χ1) is 12.0. The van der Waals surface area contributed by atoms with E-state index >= 15 is 0 Å². The highest BCUT2D eigenvalue weighted by Crippen LogP contribution is 2.24. The van der Waals surface area contributed by atoms with E-state index in [0.29, 0.717) is 13.1 Å². The van der Waals surface area contributed by atoms with Crippen LogP contribution < -0.4 is 5.32 Å². The van der Waals surface area contributed by atoms with E-state index in [4.69, 9.17) is 0 Å². The predicted molar refractivity (Wildman–Crippen MR) is 102 cm³/mol. The van der Waals surface area contributed by atoms with E-state index in [0.717, 1.165) is 48.9 Å². The highest BCUT2D eigenvalue weighted by Gasteiger charge is 2.35. The molecule has 0 radical (unpaired) electrons. The molecular formula is C20H31N3O2. The molecule has 1 aliphatic rings. The van der Waals surface area contributed by atoms with Gasteiger partial charge in [-0.15, -0.1) is 0 Å². The first-order valence-electron chi connectivity index (χ1n) is 9.46. The van der Waals surface area contributed by atoms with E-state index in [9.17, 15) is 9.59 Å². The zero-order valence-electron chi connectivity index (χ0n) is 16.0. The molecule has 0 bridgehead atoms. The third-order valence-electron chi connectivity index (χ3n) is 5.04. The molecule has 1 fully saturated rings. The Bertz CT molecular complexity index is 593. The maximum Gasteiger partial charge on any atom is 0.322 e. The Morgan fingerprint density at radius 3 is 2.36 bits per heavy atom. The number of carbonyl (C=O) groups excluding carboxylic acids is 2. The monoisotopic (exact) mass is 345 g/mol. The Hall–Kier alpha value is -2.04. The van der Waals surface area contributed by atoms with Gasteiger partial charge in [-0.25, -0.2) is 4.79 Å². The van der Waals surface area contributed by atoms with E-state index in [-0.39, 0.29) is 18.0 Å². The van der Waals surface area contributed by atoms with Gasteiger partial charge in [-0.1, -0.05) is 51.8 Å². The van der Waals surface area contributed by atoms with Crippen LogP contribution in [0.1, 0.15) is 51.2 Å². The molecule has 0 aliphatic carbocycles. The van der Waals surface area contributed by atoms with Crippen LogP contribution in [0.5, 0.6) is 0 Å². The Morgan fingerprint density at radius 1 is 1.16 bits per heavy atom. The van der Waals surface area contributed by atoms with Gasteiger partial charge in [-0.3, -0.25) is 4.79 Å². The number of rotatable bonds is 6. The molecule has 25 heavy (non-hydrogen) atoms. The van der Waals surface area contributed by atoms with Crippen molar-refractivity contribution in [2.75, 3.05) is 25.5 Å². The number of anilines is 1. The maximum absolute atomic E-state index is 13.0. The predicted octanol–water partition coefficient (Wildman–Crippen LogP) is 3.68. The van der Waals surface area contributed by atoms with Crippen LogP contribution in [0.25, 0.3) is 0 Å². The second-order valence-electron chi connectivity index (χ2n) is 6.70. The Labute approximate surface area is 151 Å². The molecule has 5 nitrogen and oxygen atoms in total. The maximum atomic E-state index is 13.0. The summed E-state index contributed by atoms with van der Waals surface area (Å²) in [6.45, 7) is 7.46. The number of hydrogen-bond donors (Lipinski definition) is 1. The molecule has 1 aromatic carbocycles. The fourth-order valence-electron chi connectivity index (χ4n) is 3.41.